The number of ether oxygens (including phenoxy) is 3. The highest BCUT2D eigenvalue weighted by atomic mass is 19.4. The molecule has 2 aromatic rings. The summed E-state index contributed by atoms with van der Waals surface area (Å²) in [6.45, 7) is 0.0849. The second-order valence-corrected chi connectivity index (χ2v) is 10.9. The van der Waals surface area contributed by atoms with E-state index < -0.39 is 37.7 Å². The third-order valence-corrected chi connectivity index (χ3v) is 8.09. The maximum absolute atomic E-state index is 14.1. The fourth-order valence-corrected chi connectivity index (χ4v) is 5.85. The Morgan fingerprint density at radius 3 is 1.34 bits per heavy atom. The van der Waals surface area contributed by atoms with Crippen molar-refractivity contribution >= 4 is 0 Å². The molecule has 41 heavy (non-hydrogen) atoms. The van der Waals surface area contributed by atoms with Gasteiger partial charge in [-0.1, -0.05) is 24.3 Å². The van der Waals surface area contributed by atoms with Crippen LogP contribution in [0.4, 0.5) is 26.3 Å². The summed E-state index contributed by atoms with van der Waals surface area (Å²) >= 11 is 0. The van der Waals surface area contributed by atoms with Crippen molar-refractivity contribution in [3.05, 3.63) is 59.7 Å². The smallest absolute Gasteiger partial charge is 0.415 e. The van der Waals surface area contributed by atoms with Gasteiger partial charge in [0, 0.05) is 26.2 Å². The number of piperidine rings is 2. The maximum atomic E-state index is 14.1. The summed E-state index contributed by atoms with van der Waals surface area (Å²) in [6, 6.07) is 14.7. The SMILES string of the molecule is COc1ccc(C2CCCN(C[C@H](O[C@@H](CN3CCCC(c4ccc(OC)cc4)C3)C(F)(F)F)C(F)(F)F)C2)cc1. The fourth-order valence-electron chi connectivity index (χ4n) is 5.85. The van der Waals surface area contributed by atoms with Crippen LogP contribution in [-0.4, -0.2) is 87.8 Å². The Bertz CT molecular complexity index is 992. The maximum Gasteiger partial charge on any atom is 0.415 e. The molecule has 2 aromatic carbocycles. The number of hydrogen-bond donors (Lipinski definition) is 0. The summed E-state index contributed by atoms with van der Waals surface area (Å²) in [5, 5.41) is 0. The number of likely N-dealkylation sites (tertiary alicyclic amines) is 2. The minimum absolute atomic E-state index is 0.0230. The summed E-state index contributed by atoms with van der Waals surface area (Å²) in [5.74, 6) is 1.30. The van der Waals surface area contributed by atoms with E-state index in [1.165, 1.54) is 0 Å². The second kappa shape index (κ2) is 13.6. The van der Waals surface area contributed by atoms with Gasteiger partial charge in [0.2, 0.25) is 0 Å². The molecule has 2 heterocycles. The molecule has 2 saturated heterocycles. The molecule has 4 rings (SSSR count). The number of benzene rings is 2. The molecule has 0 aromatic heterocycles. The van der Waals surface area contributed by atoms with Crippen molar-refractivity contribution in [3.8, 4) is 11.5 Å². The number of rotatable bonds is 10. The highest BCUT2D eigenvalue weighted by molar-refractivity contribution is 5.30. The Labute approximate surface area is 237 Å². The minimum Gasteiger partial charge on any atom is -0.497 e. The van der Waals surface area contributed by atoms with Gasteiger partial charge in [-0.15, -0.1) is 0 Å². The van der Waals surface area contributed by atoms with Crippen LogP contribution in [-0.2, 0) is 4.74 Å². The van der Waals surface area contributed by atoms with Crippen LogP contribution in [0.15, 0.2) is 48.5 Å². The first-order chi connectivity index (χ1) is 19.5. The summed E-state index contributed by atoms with van der Waals surface area (Å²) in [5.41, 5.74) is 1.93. The molecule has 2 aliphatic rings. The third-order valence-electron chi connectivity index (χ3n) is 8.09. The molecule has 2 unspecified atom stereocenters. The standard InChI is InChI=1S/C30H38F6N2O3/c1-39-25-11-7-21(8-12-25)23-5-3-15-37(17-23)19-27(29(31,32)33)41-28(30(34,35)36)20-38-16-4-6-24(18-38)22-9-13-26(40-2)14-10-22/h7-14,23-24,27-28H,3-6,15-20H2,1-2H3/t23?,24?,27-,28-/m0/s1. The molecule has 0 saturated carbocycles. The summed E-state index contributed by atoms with van der Waals surface area (Å²) in [4.78, 5) is 3.15. The molecular formula is C30H38F6N2O3. The predicted molar refractivity (Wildman–Crippen MR) is 144 cm³/mol. The van der Waals surface area contributed by atoms with Gasteiger partial charge in [-0.3, -0.25) is 9.80 Å². The van der Waals surface area contributed by atoms with E-state index in [0.717, 1.165) is 24.0 Å². The Kier molecular flexibility index (Phi) is 10.5. The quantitative estimate of drug-likeness (QED) is 0.291. The van der Waals surface area contributed by atoms with Crippen molar-refractivity contribution in [2.75, 3.05) is 53.5 Å². The van der Waals surface area contributed by atoms with E-state index in [4.69, 9.17) is 14.2 Å². The third kappa shape index (κ3) is 8.75. The highest BCUT2D eigenvalue weighted by Crippen LogP contribution is 2.35. The van der Waals surface area contributed by atoms with Crippen molar-refractivity contribution in [2.24, 2.45) is 0 Å². The van der Waals surface area contributed by atoms with E-state index in [0.29, 0.717) is 50.5 Å². The first kappa shape index (κ1) is 31.4. The Morgan fingerprint density at radius 2 is 1.02 bits per heavy atom. The van der Waals surface area contributed by atoms with E-state index >= 15 is 0 Å². The van der Waals surface area contributed by atoms with Gasteiger partial charge >= 0.3 is 12.4 Å². The van der Waals surface area contributed by atoms with Crippen LogP contribution >= 0.6 is 0 Å². The zero-order chi connectivity index (χ0) is 29.6. The van der Waals surface area contributed by atoms with Crippen molar-refractivity contribution in [1.29, 1.82) is 0 Å². The number of alkyl halides is 6. The van der Waals surface area contributed by atoms with E-state index in [-0.39, 0.29) is 11.8 Å². The van der Waals surface area contributed by atoms with E-state index in [1.807, 2.05) is 24.3 Å². The first-order valence-electron chi connectivity index (χ1n) is 14.0. The van der Waals surface area contributed by atoms with E-state index in [1.54, 1.807) is 48.3 Å². The van der Waals surface area contributed by atoms with E-state index in [9.17, 15) is 26.3 Å². The van der Waals surface area contributed by atoms with Crippen LogP contribution in [0.2, 0.25) is 0 Å². The van der Waals surface area contributed by atoms with Crippen molar-refractivity contribution in [2.45, 2.75) is 62.1 Å². The number of halogens is 6. The monoisotopic (exact) mass is 588 g/mol. The highest BCUT2D eigenvalue weighted by Gasteiger charge is 2.50. The molecule has 0 aliphatic carbocycles. The number of methoxy groups -OCH3 is 2. The molecule has 0 amide bonds. The molecule has 2 aliphatic heterocycles. The zero-order valence-corrected chi connectivity index (χ0v) is 23.4. The summed E-state index contributed by atoms with van der Waals surface area (Å²) in [7, 11) is 3.10. The fraction of sp³-hybridized carbons (Fsp3) is 0.600. The first-order valence-corrected chi connectivity index (χ1v) is 14.0. The molecule has 228 valence electrons. The Balaban J connectivity index is 1.42. The average molecular weight is 589 g/mol. The van der Waals surface area contributed by atoms with Crippen molar-refractivity contribution < 1.29 is 40.6 Å². The van der Waals surface area contributed by atoms with Gasteiger partial charge in [0.05, 0.1) is 14.2 Å². The number of nitrogens with zero attached hydrogens (tertiary/aromatic N) is 2. The molecule has 0 N–H and O–H groups in total. The van der Waals surface area contributed by atoms with Crippen LogP contribution in [0.1, 0.15) is 48.6 Å². The lowest BCUT2D eigenvalue weighted by Crippen LogP contribution is -2.52. The Hall–Kier alpha value is -2.50. The van der Waals surface area contributed by atoms with Crippen LogP contribution in [0, 0.1) is 0 Å². The lowest BCUT2D eigenvalue weighted by molar-refractivity contribution is -0.290. The van der Waals surface area contributed by atoms with Gasteiger partial charge in [0.1, 0.15) is 11.5 Å². The van der Waals surface area contributed by atoms with Crippen LogP contribution in [0.5, 0.6) is 11.5 Å². The topological polar surface area (TPSA) is 34.2 Å². The zero-order valence-electron chi connectivity index (χ0n) is 23.4. The van der Waals surface area contributed by atoms with Crippen LogP contribution in [0.3, 0.4) is 0 Å². The molecule has 0 spiro atoms. The number of hydrogen-bond acceptors (Lipinski definition) is 5. The molecule has 0 bridgehead atoms. The van der Waals surface area contributed by atoms with Crippen LogP contribution in [0.25, 0.3) is 0 Å². The summed E-state index contributed by atoms with van der Waals surface area (Å²) in [6.07, 6.45) is -12.1. The molecule has 4 atom stereocenters. The van der Waals surface area contributed by atoms with Gasteiger partial charge in [-0.25, -0.2) is 0 Å². The van der Waals surface area contributed by atoms with Crippen molar-refractivity contribution in [1.82, 2.24) is 9.80 Å². The van der Waals surface area contributed by atoms with Gasteiger partial charge in [-0.2, -0.15) is 26.3 Å². The molecule has 11 heteroatoms. The van der Waals surface area contributed by atoms with Gasteiger partial charge in [0.25, 0.3) is 0 Å². The molecule has 2 fully saturated rings. The van der Waals surface area contributed by atoms with Crippen molar-refractivity contribution in [3.63, 3.8) is 0 Å². The summed E-state index contributed by atoms with van der Waals surface area (Å²) < 4.78 is 99.9. The van der Waals surface area contributed by atoms with Gasteiger partial charge in [-0.05, 0) is 86.0 Å². The lowest BCUT2D eigenvalue weighted by Gasteiger charge is -2.39. The predicted octanol–water partition coefficient (Wildman–Crippen LogP) is 6.64. The molecule has 0 radical (unpaired) electrons. The largest absolute Gasteiger partial charge is 0.497 e. The van der Waals surface area contributed by atoms with Gasteiger partial charge < -0.3 is 14.2 Å². The van der Waals surface area contributed by atoms with E-state index in [2.05, 4.69) is 0 Å². The minimum atomic E-state index is -4.94. The molecular weight excluding hydrogens is 550 g/mol. The average Bonchev–Trinajstić information content (AvgIpc) is 2.96. The Morgan fingerprint density at radius 1 is 0.659 bits per heavy atom. The molecule has 5 nitrogen and oxygen atoms in total. The second-order valence-electron chi connectivity index (χ2n) is 10.9. The lowest BCUT2D eigenvalue weighted by atomic mass is 9.90. The van der Waals surface area contributed by atoms with Gasteiger partial charge in [0.15, 0.2) is 12.2 Å². The van der Waals surface area contributed by atoms with Crippen LogP contribution < -0.4 is 9.47 Å². The normalized spacial score (nSPS) is 22.7.